The van der Waals surface area contributed by atoms with Crippen LogP contribution in [0.2, 0.25) is 0 Å². The van der Waals surface area contributed by atoms with Crippen molar-refractivity contribution >= 4 is 17.6 Å². The van der Waals surface area contributed by atoms with Gasteiger partial charge in [0.1, 0.15) is 6.04 Å². The molecule has 1 aromatic heterocycles. The first-order chi connectivity index (χ1) is 12.2. The molecule has 25 heavy (non-hydrogen) atoms. The van der Waals surface area contributed by atoms with Crippen molar-refractivity contribution in [3.8, 4) is 0 Å². The van der Waals surface area contributed by atoms with Crippen molar-refractivity contribution in [3.63, 3.8) is 0 Å². The van der Waals surface area contributed by atoms with E-state index in [0.29, 0.717) is 18.8 Å². The fraction of sp³-hybridized carbons (Fsp3) is 0.389. The van der Waals surface area contributed by atoms with Crippen LogP contribution in [0.5, 0.6) is 0 Å². The van der Waals surface area contributed by atoms with E-state index in [0.717, 1.165) is 25.2 Å². The molecule has 3 amide bonds. The molecule has 0 aliphatic carbocycles. The predicted molar refractivity (Wildman–Crippen MR) is 93.0 cm³/mol. The number of carbonyl (C=O) groups excluding carboxylic acids is 2. The first-order valence-electron chi connectivity index (χ1n) is 8.60. The number of anilines is 1. The number of fused-ring (bicyclic) bond motifs is 1. The molecule has 4 rings (SSSR count). The molecule has 0 bridgehead atoms. The van der Waals surface area contributed by atoms with Gasteiger partial charge in [-0.1, -0.05) is 18.2 Å². The highest BCUT2D eigenvalue weighted by Crippen LogP contribution is 2.27. The minimum absolute atomic E-state index is 0.134. The summed E-state index contributed by atoms with van der Waals surface area (Å²) in [5.74, 6) is -0.134. The number of urea groups is 1. The average Bonchev–Trinajstić information content (AvgIpc) is 3.19. The Kier molecular flexibility index (Phi) is 4.01. The van der Waals surface area contributed by atoms with E-state index in [2.05, 4.69) is 16.9 Å². The molecule has 1 unspecified atom stereocenters. The maximum atomic E-state index is 12.8. The zero-order chi connectivity index (χ0) is 17.4. The van der Waals surface area contributed by atoms with Crippen LogP contribution in [0.25, 0.3) is 0 Å². The third-order valence-corrected chi connectivity index (χ3v) is 4.84. The Morgan fingerprint density at radius 1 is 1.16 bits per heavy atom. The van der Waals surface area contributed by atoms with Crippen LogP contribution in [0.4, 0.5) is 10.5 Å². The van der Waals surface area contributed by atoms with Crippen LogP contribution in [0.3, 0.4) is 0 Å². The van der Waals surface area contributed by atoms with Gasteiger partial charge in [0.2, 0.25) is 0 Å². The van der Waals surface area contributed by atoms with E-state index in [9.17, 15) is 9.59 Å². The Balaban J connectivity index is 1.49. The number of carbonyl (C=O) groups is 2. The first kappa shape index (κ1) is 15.8. The van der Waals surface area contributed by atoms with Crippen LogP contribution in [0, 0.1) is 0 Å². The third kappa shape index (κ3) is 2.80. The van der Waals surface area contributed by atoms with Crippen LogP contribution in [-0.2, 0) is 17.9 Å². The lowest BCUT2D eigenvalue weighted by atomic mass is 10.1. The molecule has 2 saturated heterocycles. The second-order valence-corrected chi connectivity index (χ2v) is 6.44. The van der Waals surface area contributed by atoms with E-state index >= 15 is 0 Å². The van der Waals surface area contributed by atoms with Gasteiger partial charge in [-0.25, -0.2) is 9.69 Å². The molecule has 2 aliphatic heterocycles. The second kappa shape index (κ2) is 6.33. The van der Waals surface area contributed by atoms with Gasteiger partial charge in [0.15, 0.2) is 0 Å². The van der Waals surface area contributed by atoms with Crippen molar-refractivity contribution in [1.29, 1.82) is 0 Å². The predicted octanol–water partition coefficient (Wildman–Crippen LogP) is 1.56. The number of hydrogen-bond acceptors (Lipinski definition) is 4. The summed E-state index contributed by atoms with van der Waals surface area (Å²) < 4.78 is 1.90. The summed E-state index contributed by atoms with van der Waals surface area (Å²) in [6.45, 7) is 5.53. The summed E-state index contributed by atoms with van der Waals surface area (Å²) in [6, 6.07) is 8.54. The Hall–Kier alpha value is -2.67. The molecule has 0 N–H and O–H groups in total. The van der Waals surface area contributed by atoms with Crippen LogP contribution >= 0.6 is 0 Å². The zero-order valence-corrected chi connectivity index (χ0v) is 14.2. The highest BCUT2D eigenvalue weighted by Gasteiger charge is 2.48. The van der Waals surface area contributed by atoms with Crippen molar-refractivity contribution < 1.29 is 9.59 Å². The maximum absolute atomic E-state index is 12.8. The SMILES string of the molecule is CCn1cc(CN2CCN3C(=O)N(c4ccccc4)C(=O)C3C2)cn1. The molecule has 2 fully saturated rings. The van der Waals surface area contributed by atoms with E-state index in [1.165, 1.54) is 4.90 Å². The lowest BCUT2D eigenvalue weighted by Crippen LogP contribution is -2.52. The fourth-order valence-corrected chi connectivity index (χ4v) is 3.53. The summed E-state index contributed by atoms with van der Waals surface area (Å²) in [7, 11) is 0. The van der Waals surface area contributed by atoms with Gasteiger partial charge >= 0.3 is 6.03 Å². The van der Waals surface area contributed by atoms with Gasteiger partial charge in [-0.2, -0.15) is 5.10 Å². The Labute approximate surface area is 146 Å². The second-order valence-electron chi connectivity index (χ2n) is 6.44. The number of benzene rings is 1. The van der Waals surface area contributed by atoms with E-state index in [4.69, 9.17) is 0 Å². The molecule has 130 valence electrons. The molecular formula is C18H21N5O2. The van der Waals surface area contributed by atoms with E-state index in [1.54, 1.807) is 17.0 Å². The number of amides is 3. The maximum Gasteiger partial charge on any atom is 0.332 e. The average molecular weight is 339 g/mol. The number of nitrogens with zero attached hydrogens (tertiary/aromatic N) is 5. The number of rotatable bonds is 4. The smallest absolute Gasteiger partial charge is 0.309 e. The monoisotopic (exact) mass is 339 g/mol. The van der Waals surface area contributed by atoms with Gasteiger partial charge in [0.25, 0.3) is 5.91 Å². The van der Waals surface area contributed by atoms with Crippen molar-refractivity contribution in [2.75, 3.05) is 24.5 Å². The topological polar surface area (TPSA) is 61.7 Å². The van der Waals surface area contributed by atoms with Crippen LogP contribution in [0.15, 0.2) is 42.7 Å². The van der Waals surface area contributed by atoms with Crippen LogP contribution in [-0.4, -0.2) is 57.2 Å². The molecule has 2 aliphatic rings. The Bertz CT molecular complexity index is 788. The largest absolute Gasteiger partial charge is 0.332 e. The van der Waals surface area contributed by atoms with Crippen molar-refractivity contribution in [2.24, 2.45) is 0 Å². The lowest BCUT2D eigenvalue weighted by molar-refractivity contribution is -0.121. The molecule has 0 radical (unpaired) electrons. The van der Waals surface area contributed by atoms with E-state index < -0.39 is 6.04 Å². The van der Waals surface area contributed by atoms with Crippen LogP contribution in [0.1, 0.15) is 12.5 Å². The van der Waals surface area contributed by atoms with Crippen LogP contribution < -0.4 is 4.90 Å². The first-order valence-corrected chi connectivity index (χ1v) is 8.60. The quantitative estimate of drug-likeness (QED) is 0.793. The molecule has 1 aromatic carbocycles. The fourth-order valence-electron chi connectivity index (χ4n) is 3.53. The summed E-state index contributed by atoms with van der Waals surface area (Å²) in [6.07, 6.45) is 3.90. The van der Waals surface area contributed by atoms with Gasteiger partial charge < -0.3 is 4.90 Å². The molecule has 0 saturated carbocycles. The number of imide groups is 1. The summed E-state index contributed by atoms with van der Waals surface area (Å²) in [5.41, 5.74) is 1.77. The molecule has 1 atom stereocenters. The van der Waals surface area contributed by atoms with Crippen molar-refractivity contribution in [2.45, 2.75) is 26.1 Å². The third-order valence-electron chi connectivity index (χ3n) is 4.84. The summed E-state index contributed by atoms with van der Waals surface area (Å²) in [5, 5.41) is 4.30. The minimum Gasteiger partial charge on any atom is -0.309 e. The molecule has 7 nitrogen and oxygen atoms in total. The van der Waals surface area contributed by atoms with Gasteiger partial charge in [-0.3, -0.25) is 14.4 Å². The number of aryl methyl sites for hydroxylation is 1. The highest BCUT2D eigenvalue weighted by atomic mass is 16.2. The standard InChI is InChI=1S/C18H21N5O2/c1-2-21-12-14(10-19-21)11-20-8-9-22-16(13-20)17(24)23(18(22)25)15-6-4-3-5-7-15/h3-7,10,12,16H,2,8-9,11,13H2,1H3. The number of piperazine rings is 1. The number of aromatic nitrogens is 2. The summed E-state index contributed by atoms with van der Waals surface area (Å²) >= 11 is 0. The molecular weight excluding hydrogens is 318 g/mol. The zero-order valence-electron chi connectivity index (χ0n) is 14.2. The lowest BCUT2D eigenvalue weighted by Gasteiger charge is -2.35. The van der Waals surface area contributed by atoms with Crippen molar-refractivity contribution in [1.82, 2.24) is 19.6 Å². The van der Waals surface area contributed by atoms with Gasteiger partial charge in [0, 0.05) is 44.5 Å². The molecule has 7 heteroatoms. The van der Waals surface area contributed by atoms with Gasteiger partial charge in [-0.15, -0.1) is 0 Å². The highest BCUT2D eigenvalue weighted by molar-refractivity contribution is 6.21. The van der Waals surface area contributed by atoms with E-state index in [-0.39, 0.29) is 11.9 Å². The molecule has 3 heterocycles. The minimum atomic E-state index is -0.400. The van der Waals surface area contributed by atoms with Gasteiger partial charge in [-0.05, 0) is 19.1 Å². The molecule has 2 aromatic rings. The number of para-hydroxylation sites is 1. The van der Waals surface area contributed by atoms with Crippen molar-refractivity contribution in [3.05, 3.63) is 48.3 Å². The number of hydrogen-bond donors (Lipinski definition) is 0. The molecule has 0 spiro atoms. The van der Waals surface area contributed by atoms with E-state index in [1.807, 2.05) is 35.3 Å². The van der Waals surface area contributed by atoms with Gasteiger partial charge in [0.05, 0.1) is 11.9 Å². The Morgan fingerprint density at radius 2 is 1.96 bits per heavy atom. The normalized spacial score (nSPS) is 21.1. The summed E-state index contributed by atoms with van der Waals surface area (Å²) in [4.78, 5) is 30.7. The Morgan fingerprint density at radius 3 is 2.68 bits per heavy atom.